The van der Waals surface area contributed by atoms with E-state index in [4.69, 9.17) is 11.6 Å². The monoisotopic (exact) mass is 291 g/mol. The molecule has 3 rings (SSSR count). The van der Waals surface area contributed by atoms with Gasteiger partial charge in [-0.1, -0.05) is 11.6 Å². The molecule has 3 aromatic rings. The van der Waals surface area contributed by atoms with Crippen molar-refractivity contribution in [1.82, 2.24) is 14.0 Å². The van der Waals surface area contributed by atoms with Crippen molar-refractivity contribution >= 4 is 17.4 Å². The van der Waals surface area contributed by atoms with Crippen LogP contribution in [0.3, 0.4) is 0 Å². The minimum absolute atomic E-state index is 0.0445. The van der Waals surface area contributed by atoms with Crippen molar-refractivity contribution < 1.29 is 4.39 Å². The van der Waals surface area contributed by atoms with Gasteiger partial charge in [-0.15, -0.1) is 0 Å². The second-order valence-corrected chi connectivity index (χ2v) is 4.99. The third-order valence-electron chi connectivity index (χ3n) is 3.27. The molecule has 2 heterocycles. The van der Waals surface area contributed by atoms with Gasteiger partial charge in [0.05, 0.1) is 11.3 Å². The third kappa shape index (κ3) is 1.74. The Kier molecular flexibility index (Phi) is 2.87. The molecule has 4 nitrogen and oxygen atoms in total. The van der Waals surface area contributed by atoms with Gasteiger partial charge in [0, 0.05) is 17.4 Å². The lowest BCUT2D eigenvalue weighted by Crippen LogP contribution is -2.25. The molecule has 0 spiro atoms. The summed E-state index contributed by atoms with van der Waals surface area (Å²) in [5.74, 6) is -0.357. The summed E-state index contributed by atoms with van der Waals surface area (Å²) in [7, 11) is 0. The number of hydrogen-bond donors (Lipinski definition) is 0. The molecule has 0 bridgehead atoms. The largest absolute Gasteiger partial charge is 0.268 e. The molecule has 1 aromatic carbocycles. The molecule has 6 heteroatoms. The van der Waals surface area contributed by atoms with Gasteiger partial charge in [-0.2, -0.15) is 4.39 Å². The summed E-state index contributed by atoms with van der Waals surface area (Å²) in [6, 6.07) is 5.19. The van der Waals surface area contributed by atoms with Crippen LogP contribution < -0.4 is 5.56 Å². The molecule has 0 saturated heterocycles. The van der Waals surface area contributed by atoms with Crippen molar-refractivity contribution in [3.8, 4) is 5.69 Å². The van der Waals surface area contributed by atoms with Crippen LogP contribution in [0, 0.1) is 19.8 Å². The maximum Gasteiger partial charge on any atom is 0.265 e. The van der Waals surface area contributed by atoms with Crippen molar-refractivity contribution in [2.75, 3.05) is 0 Å². The molecule has 0 amide bonds. The Morgan fingerprint density at radius 3 is 2.75 bits per heavy atom. The smallest absolute Gasteiger partial charge is 0.265 e. The van der Waals surface area contributed by atoms with Gasteiger partial charge in [-0.25, -0.2) is 9.55 Å². The minimum Gasteiger partial charge on any atom is -0.268 e. The van der Waals surface area contributed by atoms with Crippen molar-refractivity contribution in [1.29, 1.82) is 0 Å². The molecule has 2 aromatic heterocycles. The summed E-state index contributed by atoms with van der Waals surface area (Å²) in [5, 5.41) is 0.611. The maximum absolute atomic E-state index is 14.0. The molecule has 0 aliphatic carbocycles. The highest BCUT2D eigenvalue weighted by atomic mass is 35.5. The zero-order chi connectivity index (χ0) is 14.4. The van der Waals surface area contributed by atoms with Gasteiger partial charge in [0.2, 0.25) is 11.7 Å². The molecule has 0 atom stereocenters. The number of fused-ring (bicyclic) bond motifs is 1. The van der Waals surface area contributed by atoms with E-state index in [0.717, 1.165) is 5.56 Å². The van der Waals surface area contributed by atoms with Gasteiger partial charge in [-0.05, 0) is 37.6 Å². The number of benzene rings is 1. The van der Waals surface area contributed by atoms with Crippen LogP contribution >= 0.6 is 11.6 Å². The Morgan fingerprint density at radius 2 is 2.05 bits per heavy atom. The predicted molar refractivity (Wildman–Crippen MR) is 75.2 cm³/mol. The lowest BCUT2D eigenvalue weighted by Gasteiger charge is -2.11. The van der Waals surface area contributed by atoms with Crippen molar-refractivity contribution in [3.63, 3.8) is 0 Å². The number of aromatic nitrogens is 3. The highest BCUT2D eigenvalue weighted by Crippen LogP contribution is 2.19. The first kappa shape index (κ1) is 12.9. The topological polar surface area (TPSA) is 39.3 Å². The molecule has 0 fully saturated rings. The van der Waals surface area contributed by atoms with Crippen LogP contribution in [-0.4, -0.2) is 14.0 Å². The van der Waals surface area contributed by atoms with Crippen molar-refractivity contribution in [2.45, 2.75) is 13.8 Å². The van der Waals surface area contributed by atoms with E-state index in [-0.39, 0.29) is 11.3 Å². The average Bonchev–Trinajstić information content (AvgIpc) is 2.89. The summed E-state index contributed by atoms with van der Waals surface area (Å²) in [6.45, 7) is 3.30. The van der Waals surface area contributed by atoms with Gasteiger partial charge in [0.1, 0.15) is 0 Å². The number of imidazole rings is 1. The fourth-order valence-corrected chi connectivity index (χ4v) is 2.26. The van der Waals surface area contributed by atoms with Crippen LogP contribution in [0.5, 0.6) is 0 Å². The molecule has 0 radical (unpaired) electrons. The Morgan fingerprint density at radius 1 is 1.30 bits per heavy atom. The highest BCUT2D eigenvalue weighted by Gasteiger charge is 2.15. The molecular formula is C14H11ClFN3O. The molecule has 102 valence electrons. The van der Waals surface area contributed by atoms with Gasteiger partial charge < -0.3 is 0 Å². The van der Waals surface area contributed by atoms with E-state index in [1.165, 1.54) is 28.3 Å². The van der Waals surface area contributed by atoms with E-state index in [0.29, 0.717) is 10.7 Å². The summed E-state index contributed by atoms with van der Waals surface area (Å²) in [6.07, 6.45) is 2.94. The molecule has 0 aliphatic rings. The van der Waals surface area contributed by atoms with Crippen LogP contribution in [0.25, 0.3) is 11.5 Å². The van der Waals surface area contributed by atoms with Crippen LogP contribution in [-0.2, 0) is 0 Å². The second kappa shape index (κ2) is 4.45. The van der Waals surface area contributed by atoms with Crippen LogP contribution in [0.15, 0.2) is 35.4 Å². The number of aryl methyl sites for hydroxylation is 1. The van der Waals surface area contributed by atoms with Crippen LogP contribution in [0.2, 0.25) is 5.02 Å². The first-order valence-corrected chi connectivity index (χ1v) is 6.39. The maximum atomic E-state index is 14.0. The molecule has 0 saturated carbocycles. The van der Waals surface area contributed by atoms with Gasteiger partial charge in [-0.3, -0.25) is 9.20 Å². The van der Waals surface area contributed by atoms with Gasteiger partial charge in [0.25, 0.3) is 5.56 Å². The van der Waals surface area contributed by atoms with Gasteiger partial charge in [0.15, 0.2) is 0 Å². The number of nitrogens with zero attached hydrogens (tertiary/aromatic N) is 3. The lowest BCUT2D eigenvalue weighted by atomic mass is 10.2. The van der Waals surface area contributed by atoms with Gasteiger partial charge >= 0.3 is 0 Å². The fourth-order valence-electron chi connectivity index (χ4n) is 2.14. The summed E-state index contributed by atoms with van der Waals surface area (Å²) < 4.78 is 16.6. The van der Waals surface area contributed by atoms with Crippen molar-refractivity contribution in [3.05, 3.63) is 63.0 Å². The first-order chi connectivity index (χ1) is 9.50. The number of hydrogen-bond acceptors (Lipinski definition) is 2. The third-order valence-corrected chi connectivity index (χ3v) is 3.69. The van der Waals surface area contributed by atoms with Crippen LogP contribution in [0.1, 0.15) is 11.1 Å². The Labute approximate surface area is 119 Å². The summed E-state index contributed by atoms with van der Waals surface area (Å²) in [5.41, 5.74) is 1.06. The first-order valence-electron chi connectivity index (χ1n) is 6.01. The minimum atomic E-state index is -0.593. The molecule has 0 N–H and O–H groups in total. The molecule has 0 aliphatic heterocycles. The molecule has 20 heavy (non-hydrogen) atoms. The van der Waals surface area contributed by atoms with Crippen LogP contribution in [0.4, 0.5) is 4.39 Å². The lowest BCUT2D eigenvalue weighted by molar-refractivity contribution is 0.547. The standard InChI is InChI=1S/C14H11ClFN3O/c1-8-7-10(3-4-11(8)15)19-13(20)9(2)12(16)18-6-5-17-14(18)19/h3-7H,1-2H3. The van der Waals surface area contributed by atoms with E-state index in [1.807, 2.05) is 6.92 Å². The van der Waals surface area contributed by atoms with E-state index in [1.54, 1.807) is 18.2 Å². The SMILES string of the molecule is Cc1cc(-n2c(=O)c(C)c(F)n3ccnc23)ccc1Cl. The van der Waals surface area contributed by atoms with E-state index in [2.05, 4.69) is 4.98 Å². The number of rotatable bonds is 1. The second-order valence-electron chi connectivity index (χ2n) is 4.59. The van der Waals surface area contributed by atoms with E-state index >= 15 is 0 Å². The zero-order valence-electron chi connectivity index (χ0n) is 10.9. The molecular weight excluding hydrogens is 281 g/mol. The van der Waals surface area contributed by atoms with Crippen molar-refractivity contribution in [2.24, 2.45) is 0 Å². The quantitative estimate of drug-likeness (QED) is 0.647. The fraction of sp³-hybridized carbons (Fsp3) is 0.143. The Bertz CT molecular complexity index is 882. The predicted octanol–water partition coefficient (Wildman–Crippen LogP) is 2.89. The normalized spacial score (nSPS) is 11.2. The Hall–Kier alpha value is -2.14. The van der Waals surface area contributed by atoms with E-state index < -0.39 is 11.5 Å². The Balaban J connectivity index is 2.44. The average molecular weight is 292 g/mol. The summed E-state index contributed by atoms with van der Waals surface area (Å²) in [4.78, 5) is 16.4. The summed E-state index contributed by atoms with van der Waals surface area (Å²) >= 11 is 5.99. The van der Waals surface area contributed by atoms with E-state index in [9.17, 15) is 9.18 Å². The molecule has 0 unspecified atom stereocenters. The number of halogens is 2. The highest BCUT2D eigenvalue weighted by molar-refractivity contribution is 6.31. The zero-order valence-corrected chi connectivity index (χ0v) is 11.6.